The third-order valence-electron chi connectivity index (χ3n) is 2.00. The van der Waals surface area contributed by atoms with Crippen molar-refractivity contribution >= 4 is 39.5 Å². The summed E-state index contributed by atoms with van der Waals surface area (Å²) in [6.45, 7) is 2.27. The van der Waals surface area contributed by atoms with E-state index in [0.717, 1.165) is 5.56 Å². The first kappa shape index (κ1) is 16.2. The van der Waals surface area contributed by atoms with E-state index in [1.807, 2.05) is 13.0 Å². The molecule has 1 rings (SSSR count). The SMILES string of the molecule is CCOc1cc(C=NNC(N)=S)cc(Br)c1OCC#N. The summed E-state index contributed by atoms with van der Waals surface area (Å²) < 4.78 is 11.5. The second-order valence-electron chi connectivity index (χ2n) is 3.44. The Morgan fingerprint density at radius 3 is 2.95 bits per heavy atom. The van der Waals surface area contributed by atoms with E-state index in [1.165, 1.54) is 0 Å². The minimum atomic E-state index is -0.0604. The maximum Gasteiger partial charge on any atom is 0.184 e. The van der Waals surface area contributed by atoms with Crippen LogP contribution in [0.5, 0.6) is 11.5 Å². The fourth-order valence-corrected chi connectivity index (χ4v) is 1.97. The standard InChI is InChI=1S/C12H13BrN4O2S/c1-2-18-10-6-8(7-16-17-12(15)20)5-9(13)11(10)19-4-3-14/h5-7H,2,4H2,1H3,(H3,15,17,20). The van der Waals surface area contributed by atoms with Crippen LogP contribution in [-0.4, -0.2) is 24.5 Å². The van der Waals surface area contributed by atoms with Gasteiger partial charge >= 0.3 is 0 Å². The van der Waals surface area contributed by atoms with Gasteiger partial charge in [-0.1, -0.05) is 0 Å². The molecule has 0 saturated heterocycles. The Kier molecular flexibility index (Phi) is 6.76. The van der Waals surface area contributed by atoms with Gasteiger partial charge in [0.25, 0.3) is 0 Å². The maximum absolute atomic E-state index is 8.58. The van der Waals surface area contributed by atoms with Crippen molar-refractivity contribution in [2.24, 2.45) is 10.8 Å². The highest BCUT2D eigenvalue weighted by Crippen LogP contribution is 2.36. The predicted octanol–water partition coefficient (Wildman–Crippen LogP) is 1.92. The number of benzene rings is 1. The molecule has 0 radical (unpaired) electrons. The van der Waals surface area contributed by atoms with Crippen LogP contribution in [0, 0.1) is 11.3 Å². The molecule has 0 saturated carbocycles. The number of hydrazone groups is 1. The van der Waals surface area contributed by atoms with Crippen molar-refractivity contribution in [3.8, 4) is 17.6 Å². The number of nitriles is 1. The highest BCUT2D eigenvalue weighted by atomic mass is 79.9. The van der Waals surface area contributed by atoms with Crippen molar-refractivity contribution in [2.45, 2.75) is 6.92 Å². The summed E-state index contributed by atoms with van der Waals surface area (Å²) in [5.74, 6) is 1.00. The lowest BCUT2D eigenvalue weighted by atomic mass is 10.2. The molecule has 0 atom stereocenters. The quantitative estimate of drug-likeness (QED) is 0.459. The van der Waals surface area contributed by atoms with Gasteiger partial charge in [-0.25, -0.2) is 0 Å². The molecule has 3 N–H and O–H groups in total. The van der Waals surface area contributed by atoms with E-state index in [-0.39, 0.29) is 11.7 Å². The number of hydrogen-bond acceptors (Lipinski definition) is 5. The Morgan fingerprint density at radius 2 is 2.35 bits per heavy atom. The van der Waals surface area contributed by atoms with Gasteiger partial charge in [-0.2, -0.15) is 10.4 Å². The van der Waals surface area contributed by atoms with E-state index in [1.54, 1.807) is 18.3 Å². The Morgan fingerprint density at radius 1 is 1.60 bits per heavy atom. The first-order valence-corrected chi connectivity index (χ1v) is 6.83. The third kappa shape index (κ3) is 5.03. The number of hydrogen-bond donors (Lipinski definition) is 2. The number of nitrogens with two attached hydrogens (primary N) is 1. The Labute approximate surface area is 130 Å². The van der Waals surface area contributed by atoms with Crippen LogP contribution >= 0.6 is 28.1 Å². The molecule has 1 aromatic rings. The van der Waals surface area contributed by atoms with Crippen LogP contribution in [0.1, 0.15) is 12.5 Å². The van der Waals surface area contributed by atoms with Gasteiger partial charge in [0.1, 0.15) is 6.07 Å². The van der Waals surface area contributed by atoms with Crippen LogP contribution < -0.4 is 20.6 Å². The smallest absolute Gasteiger partial charge is 0.184 e. The van der Waals surface area contributed by atoms with Crippen molar-refractivity contribution in [3.63, 3.8) is 0 Å². The van der Waals surface area contributed by atoms with E-state index < -0.39 is 0 Å². The van der Waals surface area contributed by atoms with E-state index in [2.05, 4.69) is 38.7 Å². The van der Waals surface area contributed by atoms with E-state index in [4.69, 9.17) is 20.5 Å². The number of thiocarbonyl (C=S) groups is 1. The van der Waals surface area contributed by atoms with Crippen LogP contribution in [0.2, 0.25) is 0 Å². The van der Waals surface area contributed by atoms with Crippen LogP contribution in [-0.2, 0) is 0 Å². The lowest BCUT2D eigenvalue weighted by Gasteiger charge is -2.12. The summed E-state index contributed by atoms with van der Waals surface area (Å²) in [4.78, 5) is 0. The van der Waals surface area contributed by atoms with Gasteiger partial charge in [0.05, 0.1) is 17.3 Å². The molecule has 0 aliphatic carbocycles. The van der Waals surface area contributed by atoms with Gasteiger partial charge in [0, 0.05) is 0 Å². The molecule has 0 bridgehead atoms. The normalized spacial score (nSPS) is 10.1. The van der Waals surface area contributed by atoms with E-state index in [0.29, 0.717) is 22.6 Å². The van der Waals surface area contributed by atoms with Crippen molar-refractivity contribution in [1.29, 1.82) is 5.26 Å². The first-order chi connectivity index (χ1) is 9.58. The zero-order chi connectivity index (χ0) is 15.0. The van der Waals surface area contributed by atoms with Gasteiger partial charge in [-0.3, -0.25) is 5.43 Å². The minimum absolute atomic E-state index is 0.0604. The molecule has 1 aromatic carbocycles. The second-order valence-corrected chi connectivity index (χ2v) is 4.74. The lowest BCUT2D eigenvalue weighted by molar-refractivity contribution is 0.297. The zero-order valence-electron chi connectivity index (χ0n) is 10.7. The van der Waals surface area contributed by atoms with Crippen molar-refractivity contribution in [2.75, 3.05) is 13.2 Å². The molecule has 0 fully saturated rings. The van der Waals surface area contributed by atoms with Gasteiger partial charge < -0.3 is 15.2 Å². The van der Waals surface area contributed by atoms with Crippen molar-refractivity contribution < 1.29 is 9.47 Å². The third-order valence-corrected chi connectivity index (χ3v) is 2.68. The second kappa shape index (κ2) is 8.35. The number of nitrogens with one attached hydrogen (secondary N) is 1. The molecule has 8 heteroatoms. The molecule has 20 heavy (non-hydrogen) atoms. The van der Waals surface area contributed by atoms with Crippen LogP contribution in [0.3, 0.4) is 0 Å². The molecule has 0 heterocycles. The summed E-state index contributed by atoms with van der Waals surface area (Å²) in [6.07, 6.45) is 1.54. The Balaban J connectivity index is 3.03. The molecule has 0 aromatic heterocycles. The fourth-order valence-electron chi connectivity index (χ4n) is 1.34. The molecule has 6 nitrogen and oxygen atoms in total. The molecular formula is C12H13BrN4O2S. The predicted molar refractivity (Wildman–Crippen MR) is 83.9 cm³/mol. The highest BCUT2D eigenvalue weighted by molar-refractivity contribution is 9.10. The number of rotatable bonds is 6. The van der Waals surface area contributed by atoms with Crippen molar-refractivity contribution in [1.82, 2.24) is 5.43 Å². The molecule has 0 amide bonds. The number of ether oxygens (including phenoxy) is 2. The summed E-state index contributed by atoms with van der Waals surface area (Å²) in [6, 6.07) is 5.43. The maximum atomic E-state index is 8.58. The van der Waals surface area contributed by atoms with Gasteiger partial charge in [0.2, 0.25) is 0 Å². The summed E-state index contributed by atoms with van der Waals surface area (Å²) >= 11 is 8.01. The summed E-state index contributed by atoms with van der Waals surface area (Å²) in [5.41, 5.74) is 8.48. The molecular weight excluding hydrogens is 344 g/mol. The Bertz CT molecular complexity index is 557. The molecule has 0 unspecified atom stereocenters. The monoisotopic (exact) mass is 356 g/mol. The van der Waals surface area contributed by atoms with Gasteiger partial charge in [0.15, 0.2) is 23.2 Å². The van der Waals surface area contributed by atoms with Crippen LogP contribution in [0.4, 0.5) is 0 Å². The average molecular weight is 357 g/mol. The summed E-state index contributed by atoms with van der Waals surface area (Å²) in [5, 5.41) is 12.5. The largest absolute Gasteiger partial charge is 0.490 e. The molecule has 0 aliphatic rings. The topological polar surface area (TPSA) is 92.7 Å². The highest BCUT2D eigenvalue weighted by Gasteiger charge is 2.11. The average Bonchev–Trinajstić information content (AvgIpc) is 2.38. The van der Waals surface area contributed by atoms with Gasteiger partial charge in [-0.05, 0) is 52.8 Å². The molecule has 106 valence electrons. The first-order valence-electron chi connectivity index (χ1n) is 5.63. The summed E-state index contributed by atoms with van der Waals surface area (Å²) in [7, 11) is 0. The van der Waals surface area contributed by atoms with Gasteiger partial charge in [-0.15, -0.1) is 0 Å². The number of nitrogens with zero attached hydrogens (tertiary/aromatic N) is 2. The number of halogens is 1. The van der Waals surface area contributed by atoms with E-state index in [9.17, 15) is 0 Å². The fraction of sp³-hybridized carbons (Fsp3) is 0.250. The van der Waals surface area contributed by atoms with Crippen LogP contribution in [0.25, 0.3) is 0 Å². The van der Waals surface area contributed by atoms with Crippen molar-refractivity contribution in [3.05, 3.63) is 22.2 Å². The molecule has 0 spiro atoms. The molecule has 0 aliphatic heterocycles. The van der Waals surface area contributed by atoms with Crippen LogP contribution in [0.15, 0.2) is 21.7 Å². The zero-order valence-corrected chi connectivity index (χ0v) is 13.1. The lowest BCUT2D eigenvalue weighted by Crippen LogP contribution is -2.23. The minimum Gasteiger partial charge on any atom is -0.490 e. The van der Waals surface area contributed by atoms with E-state index >= 15 is 0 Å². The Hall–Kier alpha value is -1.85.